The van der Waals surface area contributed by atoms with Crippen LogP contribution in [-0.2, 0) is 29.7 Å². The van der Waals surface area contributed by atoms with Crippen molar-refractivity contribution >= 4 is 56.1 Å². The molecule has 5 aromatic rings. The highest BCUT2D eigenvalue weighted by molar-refractivity contribution is 6.52. The molecule has 1 aliphatic carbocycles. The minimum absolute atomic E-state index is 0.158. The Morgan fingerprint density at radius 2 is 1.80 bits per heavy atom. The summed E-state index contributed by atoms with van der Waals surface area (Å²) in [5, 5.41) is 15.0. The topological polar surface area (TPSA) is 87.6 Å². The molecule has 0 saturated heterocycles. The number of carbonyl (C=O) groups excluding carboxylic acids is 2. The van der Waals surface area contributed by atoms with E-state index >= 15 is 0 Å². The van der Waals surface area contributed by atoms with E-state index in [0.29, 0.717) is 40.5 Å². The Balaban J connectivity index is 1.51. The van der Waals surface area contributed by atoms with Gasteiger partial charge in [0.05, 0.1) is 23.7 Å². The molecule has 8 nitrogen and oxygen atoms in total. The first-order chi connectivity index (χ1) is 17.0. The van der Waals surface area contributed by atoms with E-state index in [4.69, 9.17) is 16.7 Å². The van der Waals surface area contributed by atoms with Crippen LogP contribution in [0.3, 0.4) is 0 Å². The number of hydrogen-bond donors (Lipinski definition) is 0. The Morgan fingerprint density at radius 1 is 0.971 bits per heavy atom. The van der Waals surface area contributed by atoms with Gasteiger partial charge in [-0.15, -0.1) is 5.10 Å². The zero-order chi connectivity index (χ0) is 24.1. The third-order valence-corrected chi connectivity index (χ3v) is 6.71. The van der Waals surface area contributed by atoms with Gasteiger partial charge in [-0.2, -0.15) is 5.10 Å². The first-order valence-corrected chi connectivity index (χ1v) is 11.7. The van der Waals surface area contributed by atoms with Crippen LogP contribution in [0.5, 0.6) is 0 Å². The molecular weight excluding hydrogens is 464 g/mol. The fourth-order valence-corrected chi connectivity index (χ4v) is 5.09. The predicted molar refractivity (Wildman–Crippen MR) is 134 cm³/mol. The van der Waals surface area contributed by atoms with Crippen LogP contribution in [0.2, 0.25) is 5.02 Å². The van der Waals surface area contributed by atoms with Crippen LogP contribution in [0.4, 0.5) is 0 Å². The van der Waals surface area contributed by atoms with Crippen molar-refractivity contribution in [2.75, 3.05) is 0 Å². The van der Waals surface area contributed by atoms with Crippen molar-refractivity contribution in [3.05, 3.63) is 77.3 Å². The highest BCUT2D eigenvalue weighted by Gasteiger charge is 2.36. The van der Waals surface area contributed by atoms with Crippen LogP contribution in [-0.4, -0.2) is 40.9 Å². The molecule has 1 aliphatic rings. The van der Waals surface area contributed by atoms with Crippen LogP contribution in [0.15, 0.2) is 61.1 Å². The molecule has 9 heteroatoms. The molecule has 0 fully saturated rings. The standard InChI is InChI=1S/C26H21ClN6O2/c1-31-15-19(18-13-16(27)7-8-20(18)31)24-22(34)14-23(35)25(24)26-17-5-2-3-6-21(17)33(29-26)11-4-10-32-12-9-28-30-32/h2-3,5-9,12-13,15H,4,10-11,14H2,1H3. The number of carbonyl (C=O) groups is 2. The number of fused-ring (bicyclic) bond motifs is 2. The maximum atomic E-state index is 13.2. The largest absolute Gasteiger partial charge is 0.350 e. The molecule has 3 aromatic heterocycles. The molecule has 174 valence electrons. The summed E-state index contributed by atoms with van der Waals surface area (Å²) in [5.41, 5.74) is 3.91. The van der Waals surface area contributed by atoms with Crippen molar-refractivity contribution < 1.29 is 9.59 Å². The first-order valence-electron chi connectivity index (χ1n) is 11.4. The lowest BCUT2D eigenvalue weighted by Gasteiger charge is -2.04. The first kappa shape index (κ1) is 21.5. The average Bonchev–Trinajstić information content (AvgIpc) is 3.60. The van der Waals surface area contributed by atoms with E-state index in [1.165, 1.54) is 0 Å². The Labute approximate surface area is 205 Å². The summed E-state index contributed by atoms with van der Waals surface area (Å²) in [6.07, 6.45) is 6.00. The smallest absolute Gasteiger partial charge is 0.173 e. The maximum Gasteiger partial charge on any atom is 0.173 e. The second-order valence-electron chi connectivity index (χ2n) is 8.70. The van der Waals surface area contributed by atoms with Crippen molar-refractivity contribution in [2.24, 2.45) is 7.05 Å². The summed E-state index contributed by atoms with van der Waals surface area (Å²) in [7, 11) is 1.92. The number of aromatic nitrogens is 6. The molecule has 0 amide bonds. The summed E-state index contributed by atoms with van der Waals surface area (Å²) in [6, 6.07) is 13.4. The molecule has 0 spiro atoms. The number of nitrogens with zero attached hydrogens (tertiary/aromatic N) is 6. The van der Waals surface area contributed by atoms with Crippen molar-refractivity contribution in [1.29, 1.82) is 0 Å². The minimum Gasteiger partial charge on any atom is -0.350 e. The molecule has 0 bridgehead atoms. The lowest BCUT2D eigenvalue weighted by atomic mass is 9.97. The van der Waals surface area contributed by atoms with Gasteiger partial charge in [0, 0.05) is 65.0 Å². The second-order valence-corrected chi connectivity index (χ2v) is 9.13. The molecule has 0 unspecified atom stereocenters. The van der Waals surface area contributed by atoms with Gasteiger partial charge in [-0.05, 0) is 30.7 Å². The zero-order valence-corrected chi connectivity index (χ0v) is 19.7. The Morgan fingerprint density at radius 3 is 2.63 bits per heavy atom. The van der Waals surface area contributed by atoms with Gasteiger partial charge in [-0.1, -0.05) is 35.0 Å². The Hall–Kier alpha value is -4.04. The molecule has 0 saturated carbocycles. The van der Waals surface area contributed by atoms with Gasteiger partial charge in [-0.3, -0.25) is 19.0 Å². The summed E-state index contributed by atoms with van der Waals surface area (Å²) >= 11 is 6.29. The quantitative estimate of drug-likeness (QED) is 0.335. The SMILES string of the molecule is Cn1cc(C2=C(c3nn(CCCn4ccnn4)c4ccccc34)C(=O)CC2=O)c2cc(Cl)ccc21. The Bertz CT molecular complexity index is 1660. The number of para-hydroxylation sites is 1. The molecule has 0 atom stereocenters. The summed E-state index contributed by atoms with van der Waals surface area (Å²) < 4.78 is 5.63. The average molecular weight is 485 g/mol. The lowest BCUT2D eigenvalue weighted by Crippen LogP contribution is -2.06. The van der Waals surface area contributed by atoms with Crippen molar-refractivity contribution in [1.82, 2.24) is 29.3 Å². The van der Waals surface area contributed by atoms with Crippen molar-refractivity contribution in [3.63, 3.8) is 0 Å². The maximum absolute atomic E-state index is 13.2. The van der Waals surface area contributed by atoms with E-state index in [1.54, 1.807) is 10.9 Å². The molecule has 0 radical (unpaired) electrons. The summed E-state index contributed by atoms with van der Waals surface area (Å²) in [6.45, 7) is 1.33. The van der Waals surface area contributed by atoms with E-state index in [1.807, 2.05) is 71.2 Å². The molecule has 0 N–H and O–H groups in total. The van der Waals surface area contributed by atoms with E-state index in [-0.39, 0.29) is 18.0 Å². The van der Waals surface area contributed by atoms with Gasteiger partial charge < -0.3 is 4.57 Å². The van der Waals surface area contributed by atoms with E-state index in [9.17, 15) is 9.59 Å². The van der Waals surface area contributed by atoms with Gasteiger partial charge >= 0.3 is 0 Å². The molecular formula is C26H21ClN6O2. The number of Topliss-reactive ketones (excluding diaryl/α,β-unsaturated/α-hetero) is 2. The summed E-state index contributed by atoms with van der Waals surface area (Å²) in [4.78, 5) is 26.4. The van der Waals surface area contributed by atoms with Crippen LogP contribution < -0.4 is 0 Å². The van der Waals surface area contributed by atoms with Gasteiger partial charge in [0.25, 0.3) is 0 Å². The van der Waals surface area contributed by atoms with Gasteiger partial charge in [0.1, 0.15) is 5.69 Å². The number of allylic oxidation sites excluding steroid dienone is 2. The Kier molecular flexibility index (Phi) is 5.11. The monoisotopic (exact) mass is 484 g/mol. The van der Waals surface area contributed by atoms with Gasteiger partial charge in [0.15, 0.2) is 11.6 Å². The van der Waals surface area contributed by atoms with E-state index in [2.05, 4.69) is 10.3 Å². The summed E-state index contributed by atoms with van der Waals surface area (Å²) in [5.74, 6) is -0.399. The number of rotatable bonds is 6. The van der Waals surface area contributed by atoms with Crippen LogP contribution in [0, 0.1) is 0 Å². The molecule has 2 aromatic carbocycles. The molecule has 35 heavy (non-hydrogen) atoms. The molecule has 3 heterocycles. The second kappa shape index (κ2) is 8.32. The van der Waals surface area contributed by atoms with Crippen molar-refractivity contribution in [3.8, 4) is 0 Å². The van der Waals surface area contributed by atoms with Crippen molar-refractivity contribution in [2.45, 2.75) is 25.9 Å². The molecule has 0 aliphatic heterocycles. The zero-order valence-electron chi connectivity index (χ0n) is 19.0. The van der Waals surface area contributed by atoms with Gasteiger partial charge in [-0.25, -0.2) is 0 Å². The van der Waals surface area contributed by atoms with Crippen LogP contribution in [0.25, 0.3) is 33.0 Å². The fourth-order valence-electron chi connectivity index (χ4n) is 4.92. The molecule has 6 rings (SSSR count). The number of hydrogen-bond acceptors (Lipinski definition) is 5. The van der Waals surface area contributed by atoms with Crippen LogP contribution >= 0.6 is 11.6 Å². The van der Waals surface area contributed by atoms with Gasteiger partial charge in [0.2, 0.25) is 0 Å². The number of halogens is 1. The fraction of sp³-hybridized carbons (Fsp3) is 0.192. The number of ketones is 2. The van der Waals surface area contributed by atoms with E-state index < -0.39 is 0 Å². The normalized spacial score (nSPS) is 14.2. The number of aryl methyl sites for hydroxylation is 3. The minimum atomic E-state index is -0.206. The number of benzene rings is 2. The third-order valence-electron chi connectivity index (χ3n) is 6.47. The lowest BCUT2D eigenvalue weighted by molar-refractivity contribution is -0.119. The third kappa shape index (κ3) is 3.57. The van der Waals surface area contributed by atoms with Crippen LogP contribution in [0.1, 0.15) is 24.1 Å². The predicted octanol–water partition coefficient (Wildman–Crippen LogP) is 4.32. The highest BCUT2D eigenvalue weighted by atomic mass is 35.5. The highest BCUT2D eigenvalue weighted by Crippen LogP contribution is 2.41. The van der Waals surface area contributed by atoms with E-state index in [0.717, 1.165) is 28.2 Å².